The summed E-state index contributed by atoms with van der Waals surface area (Å²) in [6, 6.07) is 13.5. The SMILES string of the molecule is CCc1c(C#N)c(SC(C(N)=O)c2ccccc2)nc(N2CCS(=O)CC2)c1C#N. The lowest BCUT2D eigenvalue weighted by Crippen LogP contribution is -2.39. The molecule has 9 heteroatoms. The van der Waals surface area contributed by atoms with Crippen molar-refractivity contribution in [1.82, 2.24) is 4.98 Å². The highest BCUT2D eigenvalue weighted by Crippen LogP contribution is 2.39. The maximum absolute atomic E-state index is 12.2. The first-order valence-corrected chi connectivity index (χ1v) is 11.8. The van der Waals surface area contributed by atoms with Gasteiger partial charge in [-0.3, -0.25) is 9.00 Å². The highest BCUT2D eigenvalue weighted by atomic mass is 32.2. The third-order valence-corrected chi connectivity index (χ3v) is 7.43. The molecule has 0 aliphatic carbocycles. The van der Waals surface area contributed by atoms with Gasteiger partial charge in [-0.25, -0.2) is 4.98 Å². The van der Waals surface area contributed by atoms with Gasteiger partial charge in [-0.15, -0.1) is 0 Å². The van der Waals surface area contributed by atoms with Crippen LogP contribution in [0.5, 0.6) is 0 Å². The van der Waals surface area contributed by atoms with Crippen LogP contribution in [-0.4, -0.2) is 39.7 Å². The Morgan fingerprint density at radius 3 is 2.40 bits per heavy atom. The van der Waals surface area contributed by atoms with Gasteiger partial charge in [0.25, 0.3) is 0 Å². The van der Waals surface area contributed by atoms with Crippen molar-refractivity contribution in [2.24, 2.45) is 5.73 Å². The summed E-state index contributed by atoms with van der Waals surface area (Å²) in [5.74, 6) is 0.951. The molecule has 2 heterocycles. The van der Waals surface area contributed by atoms with Gasteiger partial charge in [-0.1, -0.05) is 49.0 Å². The molecule has 0 spiro atoms. The number of rotatable bonds is 6. The van der Waals surface area contributed by atoms with Gasteiger partial charge in [0, 0.05) is 35.4 Å². The van der Waals surface area contributed by atoms with E-state index in [0.29, 0.717) is 58.6 Å². The second kappa shape index (κ2) is 9.75. The van der Waals surface area contributed by atoms with E-state index in [2.05, 4.69) is 17.1 Å². The molecule has 154 valence electrons. The first kappa shape index (κ1) is 21.8. The summed E-state index contributed by atoms with van der Waals surface area (Å²) in [5, 5.41) is 19.3. The van der Waals surface area contributed by atoms with Crippen molar-refractivity contribution in [3.8, 4) is 12.1 Å². The van der Waals surface area contributed by atoms with Crippen molar-refractivity contribution in [1.29, 1.82) is 10.5 Å². The van der Waals surface area contributed by atoms with Crippen LogP contribution in [0.25, 0.3) is 0 Å². The van der Waals surface area contributed by atoms with Crippen molar-refractivity contribution < 1.29 is 9.00 Å². The summed E-state index contributed by atoms with van der Waals surface area (Å²) in [4.78, 5) is 18.8. The Hall–Kier alpha value is -2.88. The Kier molecular flexibility index (Phi) is 7.09. The summed E-state index contributed by atoms with van der Waals surface area (Å²) in [6.45, 7) is 2.92. The van der Waals surface area contributed by atoms with Gasteiger partial charge in [0.2, 0.25) is 5.91 Å². The molecule has 1 unspecified atom stereocenters. The predicted octanol–water partition coefficient (Wildman–Crippen LogP) is 2.27. The molecule has 2 aromatic rings. The highest BCUT2D eigenvalue weighted by Gasteiger charge is 2.28. The van der Waals surface area contributed by atoms with E-state index in [1.54, 1.807) is 12.1 Å². The molecule has 1 aromatic carbocycles. The quantitative estimate of drug-likeness (QED) is 0.685. The molecule has 1 aliphatic rings. The molecule has 0 saturated carbocycles. The lowest BCUT2D eigenvalue weighted by Gasteiger charge is -2.29. The fourth-order valence-corrected chi connectivity index (χ4v) is 5.49. The van der Waals surface area contributed by atoms with Crippen LogP contribution in [0, 0.1) is 22.7 Å². The molecular formula is C21H21N5O2S2. The number of aromatic nitrogens is 1. The van der Waals surface area contributed by atoms with Crippen molar-refractivity contribution >= 4 is 34.3 Å². The number of carbonyl (C=O) groups is 1. The Morgan fingerprint density at radius 1 is 1.23 bits per heavy atom. The molecule has 1 saturated heterocycles. The third-order valence-electron chi connectivity index (χ3n) is 4.89. The molecule has 0 bridgehead atoms. The van der Waals surface area contributed by atoms with E-state index in [4.69, 9.17) is 5.73 Å². The zero-order valence-electron chi connectivity index (χ0n) is 16.5. The van der Waals surface area contributed by atoms with E-state index in [0.717, 1.165) is 17.3 Å². The zero-order valence-corrected chi connectivity index (χ0v) is 18.1. The maximum Gasteiger partial charge on any atom is 0.235 e. The van der Waals surface area contributed by atoms with Gasteiger partial charge in [0.15, 0.2) is 0 Å². The average molecular weight is 440 g/mol. The summed E-state index contributed by atoms with van der Waals surface area (Å²) in [6.07, 6.45) is 0.473. The topological polar surface area (TPSA) is 124 Å². The second-order valence-corrected chi connectivity index (χ2v) is 9.48. The van der Waals surface area contributed by atoms with Crippen LogP contribution in [0.2, 0.25) is 0 Å². The maximum atomic E-state index is 12.2. The first-order valence-electron chi connectivity index (χ1n) is 9.48. The minimum Gasteiger partial charge on any atom is -0.368 e. The van der Waals surface area contributed by atoms with Crippen molar-refractivity contribution in [2.75, 3.05) is 29.5 Å². The number of thioether (sulfide) groups is 1. The zero-order chi connectivity index (χ0) is 21.7. The molecule has 1 aromatic heterocycles. The van der Waals surface area contributed by atoms with Gasteiger partial charge in [0.05, 0.1) is 11.1 Å². The van der Waals surface area contributed by atoms with Gasteiger partial charge >= 0.3 is 0 Å². The number of hydrogen-bond donors (Lipinski definition) is 1. The number of carbonyl (C=O) groups excluding carboxylic acids is 1. The van der Waals surface area contributed by atoms with Crippen LogP contribution in [0.1, 0.15) is 34.4 Å². The number of benzene rings is 1. The number of pyridine rings is 1. The lowest BCUT2D eigenvalue weighted by atomic mass is 10.0. The number of nitrogens with zero attached hydrogens (tertiary/aromatic N) is 4. The summed E-state index contributed by atoms with van der Waals surface area (Å²) >= 11 is 1.12. The molecule has 1 amide bonds. The van der Waals surface area contributed by atoms with E-state index < -0.39 is 22.0 Å². The lowest BCUT2D eigenvalue weighted by molar-refractivity contribution is -0.117. The van der Waals surface area contributed by atoms with E-state index in [1.807, 2.05) is 30.0 Å². The smallest absolute Gasteiger partial charge is 0.235 e. The second-order valence-electron chi connectivity index (χ2n) is 6.69. The Bertz CT molecular complexity index is 1050. The number of anilines is 1. The molecule has 3 rings (SSSR count). The van der Waals surface area contributed by atoms with Crippen LogP contribution >= 0.6 is 11.8 Å². The number of primary amides is 1. The van der Waals surface area contributed by atoms with Crippen LogP contribution in [0.4, 0.5) is 5.82 Å². The number of hydrogen-bond acceptors (Lipinski definition) is 7. The molecule has 7 nitrogen and oxygen atoms in total. The van der Waals surface area contributed by atoms with Gasteiger partial charge < -0.3 is 10.6 Å². The van der Waals surface area contributed by atoms with Crippen LogP contribution in [0.3, 0.4) is 0 Å². The Labute approximate surface area is 182 Å². The summed E-state index contributed by atoms with van der Waals surface area (Å²) in [7, 11) is -0.873. The fraction of sp³-hybridized carbons (Fsp3) is 0.333. The predicted molar refractivity (Wildman–Crippen MR) is 117 cm³/mol. The number of amides is 1. The molecule has 2 N–H and O–H groups in total. The van der Waals surface area contributed by atoms with E-state index in [9.17, 15) is 19.5 Å². The Morgan fingerprint density at radius 2 is 1.87 bits per heavy atom. The largest absolute Gasteiger partial charge is 0.368 e. The summed E-state index contributed by atoms with van der Waals surface area (Å²) in [5.41, 5.74) is 7.65. The molecular weight excluding hydrogens is 418 g/mol. The van der Waals surface area contributed by atoms with Gasteiger partial charge in [-0.2, -0.15) is 10.5 Å². The van der Waals surface area contributed by atoms with Crippen molar-refractivity contribution in [2.45, 2.75) is 23.6 Å². The van der Waals surface area contributed by atoms with Gasteiger partial charge in [0.1, 0.15) is 28.2 Å². The van der Waals surface area contributed by atoms with Crippen molar-refractivity contribution in [3.63, 3.8) is 0 Å². The number of nitrogens with two attached hydrogens (primary N) is 1. The molecule has 0 radical (unpaired) electrons. The van der Waals surface area contributed by atoms with Crippen molar-refractivity contribution in [3.05, 3.63) is 52.6 Å². The van der Waals surface area contributed by atoms with E-state index in [1.165, 1.54) is 0 Å². The molecule has 1 fully saturated rings. The molecule has 1 aliphatic heterocycles. The fourth-order valence-electron chi connectivity index (χ4n) is 3.38. The minimum atomic E-state index is -0.873. The number of nitriles is 2. The average Bonchev–Trinajstić information content (AvgIpc) is 2.77. The Balaban J connectivity index is 2.12. The standard InChI is InChI=1S/C21H21N5O2S2/c1-2-15-16(12-22)20(26-8-10-30(28)11-9-26)25-21(17(15)13-23)29-18(19(24)27)14-6-4-3-5-7-14/h3-7,18H,2,8-11H2,1H3,(H2,24,27). The van der Waals surface area contributed by atoms with Crippen LogP contribution in [0.15, 0.2) is 35.4 Å². The van der Waals surface area contributed by atoms with Crippen LogP contribution in [-0.2, 0) is 22.0 Å². The monoisotopic (exact) mass is 439 g/mol. The van der Waals surface area contributed by atoms with E-state index >= 15 is 0 Å². The van der Waals surface area contributed by atoms with E-state index in [-0.39, 0.29) is 0 Å². The van der Waals surface area contributed by atoms with Gasteiger partial charge in [-0.05, 0) is 17.5 Å². The molecule has 1 atom stereocenters. The summed E-state index contributed by atoms with van der Waals surface area (Å²) < 4.78 is 11.8. The highest BCUT2D eigenvalue weighted by molar-refractivity contribution is 8.00. The minimum absolute atomic E-state index is 0.297. The first-order chi connectivity index (χ1) is 14.5. The molecule has 30 heavy (non-hydrogen) atoms. The van der Waals surface area contributed by atoms with Crippen LogP contribution < -0.4 is 10.6 Å². The third kappa shape index (κ3) is 4.48. The normalized spacial score (nSPS) is 15.2.